The van der Waals surface area contributed by atoms with E-state index in [-0.39, 0.29) is 6.54 Å². The number of rotatable bonds is 7. The van der Waals surface area contributed by atoms with Crippen molar-refractivity contribution >= 4 is 17.8 Å². The fraction of sp³-hybridized carbons (Fsp3) is 0.400. The molecule has 0 fully saturated rings. The molecule has 0 saturated carbocycles. The normalized spacial score (nSPS) is 11.1. The SMILES string of the molecule is CC.CC(C)(C#N)c1ccccn1.CC(CNc1ccc(C#N)cc1C=N)NC(=O)C(C)(F)F. The molecule has 0 aliphatic heterocycles. The molecule has 0 aliphatic rings. The van der Waals surface area contributed by atoms with Gasteiger partial charge in [0.2, 0.25) is 0 Å². The molecule has 1 aromatic carbocycles. The van der Waals surface area contributed by atoms with Crippen LogP contribution in [0.3, 0.4) is 0 Å². The highest BCUT2D eigenvalue weighted by Crippen LogP contribution is 2.18. The van der Waals surface area contributed by atoms with E-state index in [2.05, 4.69) is 21.7 Å². The topological polar surface area (TPSA) is 125 Å². The highest BCUT2D eigenvalue weighted by Gasteiger charge is 2.32. The highest BCUT2D eigenvalue weighted by molar-refractivity contribution is 5.86. The number of pyridine rings is 1. The predicted octanol–water partition coefficient (Wildman–Crippen LogP) is 5.04. The number of alkyl halides is 2. The Morgan fingerprint density at radius 1 is 1.21 bits per heavy atom. The number of benzene rings is 1. The lowest BCUT2D eigenvalue weighted by molar-refractivity contribution is -0.143. The van der Waals surface area contributed by atoms with E-state index in [0.717, 1.165) is 11.9 Å². The van der Waals surface area contributed by atoms with E-state index >= 15 is 0 Å². The van der Waals surface area contributed by atoms with E-state index in [1.54, 1.807) is 31.3 Å². The largest absolute Gasteiger partial charge is 0.382 e. The van der Waals surface area contributed by atoms with Crippen LogP contribution in [0.1, 0.15) is 58.4 Å². The molecule has 1 amide bonds. The molecule has 2 rings (SSSR count). The van der Waals surface area contributed by atoms with E-state index in [4.69, 9.17) is 15.9 Å². The number of carbonyl (C=O) groups excluding carboxylic acids is 1. The molecule has 7 nitrogen and oxygen atoms in total. The van der Waals surface area contributed by atoms with Gasteiger partial charge in [0.05, 0.1) is 28.8 Å². The van der Waals surface area contributed by atoms with Gasteiger partial charge in [-0.2, -0.15) is 19.3 Å². The van der Waals surface area contributed by atoms with Crippen molar-refractivity contribution in [2.45, 2.75) is 58.9 Å². The van der Waals surface area contributed by atoms with Crippen LogP contribution in [0.2, 0.25) is 0 Å². The first-order valence-electron chi connectivity index (χ1n) is 10.7. The van der Waals surface area contributed by atoms with E-state index in [9.17, 15) is 13.6 Å². The molecule has 3 N–H and O–H groups in total. The maximum absolute atomic E-state index is 12.7. The molecule has 1 heterocycles. The molecule has 1 unspecified atom stereocenters. The zero-order valence-corrected chi connectivity index (χ0v) is 20.4. The molecule has 0 spiro atoms. The molecule has 2 aromatic rings. The first-order chi connectivity index (χ1) is 15.9. The minimum Gasteiger partial charge on any atom is -0.382 e. The van der Waals surface area contributed by atoms with Crippen molar-refractivity contribution in [2.75, 3.05) is 11.9 Å². The Bertz CT molecular complexity index is 1000. The lowest BCUT2D eigenvalue weighted by Crippen LogP contribution is -2.45. The van der Waals surface area contributed by atoms with E-state index in [1.165, 1.54) is 0 Å². The number of anilines is 1. The van der Waals surface area contributed by atoms with Gasteiger partial charge in [-0.05, 0) is 51.1 Å². The Morgan fingerprint density at radius 3 is 2.32 bits per heavy atom. The third kappa shape index (κ3) is 10.2. The van der Waals surface area contributed by atoms with Gasteiger partial charge < -0.3 is 16.0 Å². The van der Waals surface area contributed by atoms with Crippen molar-refractivity contribution in [3.63, 3.8) is 0 Å². The van der Waals surface area contributed by atoms with Crippen molar-refractivity contribution in [1.29, 1.82) is 15.9 Å². The molecule has 1 aromatic heterocycles. The Kier molecular flexibility index (Phi) is 12.7. The van der Waals surface area contributed by atoms with E-state index < -0.39 is 23.3 Å². The lowest BCUT2D eigenvalue weighted by atomic mass is 9.91. The Balaban J connectivity index is 0.000000701. The van der Waals surface area contributed by atoms with Gasteiger partial charge >= 0.3 is 5.92 Å². The van der Waals surface area contributed by atoms with Crippen LogP contribution in [0, 0.1) is 28.1 Å². The summed E-state index contributed by atoms with van der Waals surface area (Å²) < 4.78 is 25.5. The van der Waals surface area contributed by atoms with Crippen molar-refractivity contribution in [3.8, 4) is 12.1 Å². The average Bonchev–Trinajstić information content (AvgIpc) is 2.84. The number of hydrogen-bond acceptors (Lipinski definition) is 6. The van der Waals surface area contributed by atoms with Crippen LogP contribution in [-0.2, 0) is 10.2 Å². The molecule has 0 bridgehead atoms. The number of halogens is 2. The van der Waals surface area contributed by atoms with Crippen molar-refractivity contribution < 1.29 is 13.6 Å². The highest BCUT2D eigenvalue weighted by atomic mass is 19.3. The summed E-state index contributed by atoms with van der Waals surface area (Å²) in [5.41, 5.74) is 1.87. The van der Waals surface area contributed by atoms with Gasteiger partial charge in [-0.25, -0.2) is 0 Å². The predicted molar refractivity (Wildman–Crippen MR) is 130 cm³/mol. The fourth-order valence-electron chi connectivity index (χ4n) is 2.37. The summed E-state index contributed by atoms with van der Waals surface area (Å²) in [7, 11) is 0. The number of nitrogens with zero attached hydrogens (tertiary/aromatic N) is 3. The molecule has 0 aliphatic carbocycles. The zero-order valence-electron chi connectivity index (χ0n) is 20.4. The summed E-state index contributed by atoms with van der Waals surface area (Å²) in [4.78, 5) is 15.2. The third-order valence-corrected chi connectivity index (χ3v) is 4.30. The van der Waals surface area contributed by atoms with Crippen LogP contribution in [-0.4, -0.2) is 35.6 Å². The van der Waals surface area contributed by atoms with E-state index in [0.29, 0.717) is 23.7 Å². The second-order valence-electron chi connectivity index (χ2n) is 7.65. The number of aromatic nitrogens is 1. The second-order valence-corrected chi connectivity index (χ2v) is 7.65. The number of hydrogen-bond donors (Lipinski definition) is 3. The standard InChI is InChI=1S/C14H16F2N4O.C9H10N2.C2H6/c1-9(20-13(21)14(2,15)16)8-19-12-4-3-10(6-17)5-11(12)7-18;1-9(2,7-10)8-5-3-4-6-11-8;1-2/h3-5,7,9,18-19H,8H2,1-2H3,(H,20,21);3-6H,1-2H3;1-2H3. The second kappa shape index (κ2) is 14.3. The molecule has 9 heteroatoms. The van der Waals surface area contributed by atoms with Crippen LogP contribution < -0.4 is 10.6 Å². The van der Waals surface area contributed by atoms with Gasteiger partial charge in [0.25, 0.3) is 5.91 Å². The van der Waals surface area contributed by atoms with Crippen molar-refractivity contribution in [1.82, 2.24) is 10.3 Å². The van der Waals surface area contributed by atoms with Crippen molar-refractivity contribution in [2.24, 2.45) is 0 Å². The first kappa shape index (κ1) is 30.1. The molecule has 1 atom stereocenters. The van der Waals surface area contributed by atoms with Gasteiger partial charge in [-0.1, -0.05) is 19.9 Å². The Hall–Kier alpha value is -3.85. The van der Waals surface area contributed by atoms with Crippen LogP contribution in [0.5, 0.6) is 0 Å². The van der Waals surface area contributed by atoms with Gasteiger partial charge in [-0.3, -0.25) is 9.78 Å². The Labute approximate surface area is 200 Å². The monoisotopic (exact) mass is 470 g/mol. The van der Waals surface area contributed by atoms with Crippen LogP contribution in [0.4, 0.5) is 14.5 Å². The van der Waals surface area contributed by atoms with E-state index in [1.807, 2.05) is 52.0 Å². The molecular formula is C25H32F2N6O. The number of nitrogens with one attached hydrogen (secondary N) is 3. The lowest BCUT2D eigenvalue weighted by Gasteiger charge is -2.18. The Morgan fingerprint density at radius 2 is 1.85 bits per heavy atom. The summed E-state index contributed by atoms with van der Waals surface area (Å²) in [6.45, 7) is 10.1. The summed E-state index contributed by atoms with van der Waals surface area (Å²) >= 11 is 0. The number of amides is 1. The number of carbonyl (C=O) groups is 1. The molecular weight excluding hydrogens is 438 g/mol. The quantitative estimate of drug-likeness (QED) is 0.489. The molecule has 0 radical (unpaired) electrons. The smallest absolute Gasteiger partial charge is 0.321 e. The summed E-state index contributed by atoms with van der Waals surface area (Å²) in [5.74, 6) is -4.74. The zero-order chi connectivity index (χ0) is 26.4. The maximum atomic E-state index is 12.7. The fourth-order valence-corrected chi connectivity index (χ4v) is 2.37. The van der Waals surface area contributed by atoms with Crippen LogP contribution in [0.25, 0.3) is 0 Å². The maximum Gasteiger partial charge on any atom is 0.321 e. The van der Waals surface area contributed by atoms with Gasteiger partial charge in [0.1, 0.15) is 0 Å². The first-order valence-corrected chi connectivity index (χ1v) is 10.7. The third-order valence-electron chi connectivity index (χ3n) is 4.30. The minimum atomic E-state index is -3.41. The minimum absolute atomic E-state index is 0.217. The molecule has 34 heavy (non-hydrogen) atoms. The van der Waals surface area contributed by atoms with Gasteiger partial charge in [0, 0.05) is 43.2 Å². The van der Waals surface area contributed by atoms with Gasteiger partial charge in [-0.15, -0.1) is 0 Å². The van der Waals surface area contributed by atoms with Crippen molar-refractivity contribution in [3.05, 3.63) is 59.4 Å². The van der Waals surface area contributed by atoms with Crippen LogP contribution >= 0.6 is 0 Å². The van der Waals surface area contributed by atoms with Gasteiger partial charge in [0.15, 0.2) is 0 Å². The molecule has 182 valence electrons. The average molecular weight is 471 g/mol. The number of nitriles is 2. The van der Waals surface area contributed by atoms with Crippen LogP contribution in [0.15, 0.2) is 42.6 Å². The summed E-state index contributed by atoms with van der Waals surface area (Å²) in [5, 5.41) is 30.0. The summed E-state index contributed by atoms with van der Waals surface area (Å²) in [6.07, 6.45) is 2.79. The summed E-state index contributed by atoms with van der Waals surface area (Å²) in [6, 6.07) is 14.0. The molecule has 0 saturated heterocycles.